The van der Waals surface area contributed by atoms with Crippen molar-refractivity contribution in [1.29, 1.82) is 0 Å². The highest BCUT2D eigenvalue weighted by Gasteiger charge is 2.36. The number of carbonyl (C=O) groups excluding carboxylic acids is 1. The smallest absolute Gasteiger partial charge is 0.330 e. The van der Waals surface area contributed by atoms with Crippen molar-refractivity contribution in [3.63, 3.8) is 0 Å². The van der Waals surface area contributed by atoms with E-state index < -0.39 is 45.3 Å². The Hall–Kier alpha value is 0.351. The number of nitrogens with zero attached hydrogens (tertiary/aromatic N) is 1. The van der Waals surface area contributed by atoms with Crippen molar-refractivity contribution >= 4 is 61.7 Å². The first-order chi connectivity index (χ1) is 11.8. The quantitative estimate of drug-likeness (QED) is 0.139. The van der Waals surface area contributed by atoms with Gasteiger partial charge in [-0.15, -0.1) is 0 Å². The van der Waals surface area contributed by atoms with Gasteiger partial charge in [0, 0.05) is 6.08 Å². The van der Waals surface area contributed by atoms with Gasteiger partial charge in [0.05, 0.1) is 6.61 Å². The Labute approximate surface area is 165 Å². The molecule has 0 rings (SSSR count). The number of carbonyl (C=O) groups is 1. The van der Waals surface area contributed by atoms with Crippen molar-refractivity contribution in [2.24, 2.45) is 0 Å². The summed E-state index contributed by atoms with van der Waals surface area (Å²) in [4.78, 5) is 11.2. The minimum Gasteiger partial charge on any atom is -0.463 e. The summed E-state index contributed by atoms with van der Waals surface area (Å²) in [5, 5.41) is 0. The number of ether oxygens (including phenoxy) is 1. The topological polar surface area (TPSA) is 57.2 Å². The van der Waals surface area contributed by atoms with Gasteiger partial charge in [-0.2, -0.15) is 0 Å². The molecule has 6 nitrogen and oxygen atoms in total. The summed E-state index contributed by atoms with van der Waals surface area (Å²) in [6.45, 7) is 12.9. The molecule has 148 valence electrons. The average Bonchev–Trinajstić information content (AvgIpc) is 2.56. The van der Waals surface area contributed by atoms with Crippen molar-refractivity contribution < 1.29 is 21.9 Å². The Morgan fingerprint density at radius 2 is 2.12 bits per heavy atom. The van der Waals surface area contributed by atoms with Crippen LogP contribution in [-0.2, 0) is 21.9 Å². The molecule has 0 heterocycles. The molecule has 0 aliphatic carbocycles. The predicted octanol–water partition coefficient (Wildman–Crippen LogP) is -0.864. The zero-order valence-corrected chi connectivity index (χ0v) is 25.0. The van der Waals surface area contributed by atoms with Crippen LogP contribution in [0.3, 0.4) is 0 Å². The third-order valence-electron chi connectivity index (χ3n) is 3.96. The van der Waals surface area contributed by atoms with Gasteiger partial charge in [-0.3, -0.25) is 0 Å². The Balaban J connectivity index is 4.79. The lowest BCUT2D eigenvalue weighted by Crippen LogP contribution is -2.57. The summed E-state index contributed by atoms with van der Waals surface area (Å²) in [5.41, 5.74) is 0. The van der Waals surface area contributed by atoms with Crippen molar-refractivity contribution in [3.8, 4) is 0 Å². The van der Waals surface area contributed by atoms with Gasteiger partial charge in [0.1, 0.15) is 10.5 Å². The van der Waals surface area contributed by atoms with Gasteiger partial charge >= 0.3 is 5.97 Å². The molecule has 2 unspecified atom stereocenters. The van der Waals surface area contributed by atoms with E-state index in [0.717, 1.165) is 35.4 Å². The molecular formula is C13H37NO5Si6. The second kappa shape index (κ2) is 14.4. The summed E-state index contributed by atoms with van der Waals surface area (Å²) in [6.07, 6.45) is 3.22. The Bertz CT molecular complexity index is 392. The van der Waals surface area contributed by atoms with E-state index in [2.05, 4.69) is 44.4 Å². The van der Waals surface area contributed by atoms with E-state index in [1.165, 1.54) is 6.08 Å². The van der Waals surface area contributed by atoms with Gasteiger partial charge in [-0.25, -0.2) is 4.79 Å². The van der Waals surface area contributed by atoms with Crippen LogP contribution in [0.25, 0.3) is 0 Å². The van der Waals surface area contributed by atoms with Crippen LogP contribution in [0.5, 0.6) is 0 Å². The maximum Gasteiger partial charge on any atom is 0.330 e. The maximum absolute atomic E-state index is 11.2. The van der Waals surface area contributed by atoms with Crippen LogP contribution >= 0.6 is 0 Å². The van der Waals surface area contributed by atoms with Crippen LogP contribution in [0.4, 0.5) is 0 Å². The molecular weight excluding hydrogens is 419 g/mol. The normalized spacial score (nSPS) is 16.3. The van der Waals surface area contributed by atoms with Crippen LogP contribution in [0.1, 0.15) is 19.8 Å². The van der Waals surface area contributed by atoms with E-state index >= 15 is 0 Å². The summed E-state index contributed by atoms with van der Waals surface area (Å²) in [5.74, 6) is -0.345. The summed E-state index contributed by atoms with van der Waals surface area (Å²) < 4.78 is 26.2. The lowest BCUT2D eigenvalue weighted by Gasteiger charge is -2.39. The Kier molecular flexibility index (Phi) is 14.6. The molecule has 0 saturated carbocycles. The molecule has 0 bridgehead atoms. The predicted molar refractivity (Wildman–Crippen MR) is 121 cm³/mol. The standard InChI is InChI=1S/C13H37NO5Si6/c1-7-12-25(6,14(3)21-17-20)19-24(22-18-23(4)5)11-9-10-16-13(15)8-2/h8,23-24H,2,7,9-12,21-22H2,1,3-6,20H3. The fraction of sp³-hybridized carbons (Fsp3) is 0.769. The SMILES string of the molecule is C=CC(=O)OCCC[SiH](O[Si](C)(CCC)N(C)[SiH2]O[SiH3])[SiH2]O[SiH](C)C. The van der Waals surface area contributed by atoms with E-state index in [1.807, 2.05) is 0 Å². The van der Waals surface area contributed by atoms with Crippen molar-refractivity contribution in [2.75, 3.05) is 13.7 Å². The highest BCUT2D eigenvalue weighted by molar-refractivity contribution is 7.10. The van der Waals surface area contributed by atoms with Gasteiger partial charge < -0.3 is 21.3 Å². The first-order valence-electron chi connectivity index (χ1n) is 9.07. The number of esters is 1. The average molecular weight is 456 g/mol. The van der Waals surface area contributed by atoms with Crippen LogP contribution in [0, 0.1) is 0 Å². The molecule has 25 heavy (non-hydrogen) atoms. The fourth-order valence-electron chi connectivity index (χ4n) is 2.51. The van der Waals surface area contributed by atoms with Crippen molar-refractivity contribution in [1.82, 2.24) is 4.23 Å². The zero-order chi connectivity index (χ0) is 19.3. The number of rotatable bonds is 15. The van der Waals surface area contributed by atoms with E-state index in [4.69, 9.17) is 17.1 Å². The van der Waals surface area contributed by atoms with Gasteiger partial charge in [-0.05, 0) is 45.2 Å². The van der Waals surface area contributed by atoms with Gasteiger partial charge in [0.15, 0.2) is 26.9 Å². The highest BCUT2D eigenvalue weighted by Crippen LogP contribution is 2.20. The summed E-state index contributed by atoms with van der Waals surface area (Å²) >= 11 is 0. The molecule has 0 aliphatic heterocycles. The summed E-state index contributed by atoms with van der Waals surface area (Å²) in [7, 11) is -2.52. The van der Waals surface area contributed by atoms with E-state index in [1.54, 1.807) is 0 Å². The van der Waals surface area contributed by atoms with Gasteiger partial charge in [0.2, 0.25) is 9.92 Å². The van der Waals surface area contributed by atoms with Crippen LogP contribution in [0.2, 0.25) is 31.7 Å². The molecule has 0 radical (unpaired) electrons. The number of hydrogen-bond donors (Lipinski definition) is 0. The minimum atomic E-state index is -1.90. The van der Waals surface area contributed by atoms with Crippen molar-refractivity contribution in [2.45, 2.75) is 51.5 Å². The molecule has 0 aromatic heterocycles. The van der Waals surface area contributed by atoms with Crippen LogP contribution < -0.4 is 0 Å². The lowest BCUT2D eigenvalue weighted by atomic mass is 10.5. The van der Waals surface area contributed by atoms with E-state index in [-0.39, 0.29) is 5.97 Å². The molecule has 0 N–H and O–H groups in total. The lowest BCUT2D eigenvalue weighted by molar-refractivity contribution is -0.137. The zero-order valence-electron chi connectivity index (χ0n) is 16.9. The third kappa shape index (κ3) is 11.6. The van der Waals surface area contributed by atoms with Crippen LogP contribution in [-0.4, -0.2) is 79.6 Å². The first kappa shape index (κ1) is 25.4. The Morgan fingerprint density at radius 3 is 2.64 bits per heavy atom. The molecule has 12 heteroatoms. The molecule has 0 aromatic rings. The minimum absolute atomic E-state index is 0.345. The van der Waals surface area contributed by atoms with Gasteiger partial charge in [-0.1, -0.05) is 19.9 Å². The molecule has 0 aromatic carbocycles. The number of hydrogen-bond acceptors (Lipinski definition) is 6. The van der Waals surface area contributed by atoms with E-state index in [9.17, 15) is 4.79 Å². The second-order valence-corrected chi connectivity index (χ2v) is 24.7. The Morgan fingerprint density at radius 1 is 1.44 bits per heavy atom. The molecule has 0 fully saturated rings. The summed E-state index contributed by atoms with van der Waals surface area (Å²) in [6, 6.07) is 2.17. The molecule has 2 atom stereocenters. The van der Waals surface area contributed by atoms with Gasteiger partial charge in [0.25, 0.3) is 8.48 Å². The second-order valence-electron chi connectivity index (χ2n) is 6.68. The first-order valence-corrected chi connectivity index (χ1v) is 21.6. The molecule has 0 spiro atoms. The third-order valence-corrected chi connectivity index (χ3v) is 24.6. The largest absolute Gasteiger partial charge is 0.463 e. The molecule has 0 saturated heterocycles. The molecule has 0 amide bonds. The maximum atomic E-state index is 11.2. The van der Waals surface area contributed by atoms with Crippen molar-refractivity contribution in [3.05, 3.63) is 12.7 Å². The fourth-order valence-corrected chi connectivity index (χ4v) is 27.4. The molecule has 0 aliphatic rings. The highest BCUT2D eigenvalue weighted by atomic mass is 29.2. The monoisotopic (exact) mass is 455 g/mol. The van der Waals surface area contributed by atoms with E-state index in [0.29, 0.717) is 6.61 Å². The van der Waals surface area contributed by atoms with Crippen LogP contribution in [0.15, 0.2) is 12.7 Å².